The first kappa shape index (κ1) is 29.2. The van der Waals surface area contributed by atoms with Crippen LogP contribution >= 0.6 is 0 Å². The number of anilines is 3. The van der Waals surface area contributed by atoms with E-state index < -0.39 is 0 Å². The molecule has 0 saturated heterocycles. The van der Waals surface area contributed by atoms with Gasteiger partial charge in [-0.05, 0) is 191 Å². The van der Waals surface area contributed by atoms with Crippen molar-refractivity contribution in [1.82, 2.24) is 4.48 Å². The smallest absolute Gasteiger partial charge is 0.333 e. The molecule has 46 heavy (non-hydrogen) atoms. The minimum Gasteiger partial charge on any atom is -0.375 e. The summed E-state index contributed by atoms with van der Waals surface area (Å²) in [6.45, 7) is 30.4. The van der Waals surface area contributed by atoms with Gasteiger partial charge in [0.2, 0.25) is 0 Å². The van der Waals surface area contributed by atoms with Gasteiger partial charge >= 0.3 is 6.85 Å². The third kappa shape index (κ3) is 3.29. The molecule has 0 fully saturated rings. The standard InChI is InChI=1S/C43H45BN2/c1-20-18-34-38-28(9)26(7)27(8)37-33-16-14-15-17-35(33)46(43(37)38)44-39-29(10)22(3)25(6)32(13)42(39)45(36(19-20)40(34)44)41-30(11)23(4)21(2)24(5)31(41)12/h14-19H,1-13H3. The Hall–Kier alpha value is -4.24. The van der Waals surface area contributed by atoms with E-state index in [1.807, 2.05) is 0 Å². The van der Waals surface area contributed by atoms with Gasteiger partial charge in [-0.25, -0.2) is 0 Å². The molecule has 8 rings (SSSR count). The van der Waals surface area contributed by atoms with Crippen molar-refractivity contribution in [3.8, 4) is 11.1 Å². The first-order chi connectivity index (χ1) is 21.8. The highest BCUT2D eigenvalue weighted by Crippen LogP contribution is 2.51. The van der Waals surface area contributed by atoms with E-state index in [9.17, 15) is 0 Å². The second-order valence-electron chi connectivity index (χ2n) is 14.6. The largest absolute Gasteiger partial charge is 0.375 e. The monoisotopic (exact) mass is 600 g/mol. The van der Waals surface area contributed by atoms with Gasteiger partial charge in [0.1, 0.15) is 0 Å². The molecule has 0 bridgehead atoms. The predicted octanol–water partition coefficient (Wildman–Crippen LogP) is 10.2. The fraction of sp³-hybridized carbons (Fsp3) is 0.302. The summed E-state index contributed by atoms with van der Waals surface area (Å²) in [5.41, 5.74) is 30.6. The first-order valence-corrected chi connectivity index (χ1v) is 16.9. The summed E-state index contributed by atoms with van der Waals surface area (Å²) in [7, 11) is 0. The van der Waals surface area contributed by atoms with Crippen molar-refractivity contribution in [2.24, 2.45) is 0 Å². The van der Waals surface area contributed by atoms with Crippen molar-refractivity contribution in [3.63, 3.8) is 0 Å². The number of hydrogen-bond donors (Lipinski definition) is 0. The summed E-state index contributed by atoms with van der Waals surface area (Å²) < 4.78 is 2.74. The Bertz CT molecular complexity index is 2370. The molecule has 6 aromatic rings. The molecule has 230 valence electrons. The number of fused-ring (bicyclic) bond motifs is 7. The summed E-state index contributed by atoms with van der Waals surface area (Å²) in [4.78, 5) is 2.70. The van der Waals surface area contributed by atoms with Crippen molar-refractivity contribution < 1.29 is 0 Å². The molecule has 0 atom stereocenters. The molecule has 5 aromatic carbocycles. The maximum absolute atomic E-state index is 2.74. The Labute approximate surface area is 275 Å². The molecule has 0 spiro atoms. The zero-order chi connectivity index (χ0) is 32.8. The minimum absolute atomic E-state index is 0.0829. The Kier molecular flexibility index (Phi) is 5.97. The Morgan fingerprint density at radius 1 is 0.500 bits per heavy atom. The van der Waals surface area contributed by atoms with E-state index in [-0.39, 0.29) is 6.85 Å². The van der Waals surface area contributed by atoms with Crippen LogP contribution in [0.4, 0.5) is 17.1 Å². The summed E-state index contributed by atoms with van der Waals surface area (Å²) in [5, 5.41) is 2.78. The lowest BCUT2D eigenvalue weighted by atomic mass is 9.43. The van der Waals surface area contributed by atoms with Crippen molar-refractivity contribution in [3.05, 3.63) is 109 Å². The van der Waals surface area contributed by atoms with Crippen molar-refractivity contribution in [1.29, 1.82) is 0 Å². The van der Waals surface area contributed by atoms with Crippen LogP contribution in [0.3, 0.4) is 0 Å². The molecule has 0 amide bonds. The molecule has 0 aliphatic carbocycles. The van der Waals surface area contributed by atoms with Crippen molar-refractivity contribution in [2.75, 3.05) is 4.90 Å². The number of aromatic nitrogens is 1. The Morgan fingerprint density at radius 3 is 1.70 bits per heavy atom. The molecule has 2 nitrogen and oxygen atoms in total. The first-order valence-electron chi connectivity index (χ1n) is 16.9. The highest BCUT2D eigenvalue weighted by atomic mass is 15.2. The van der Waals surface area contributed by atoms with Crippen LogP contribution in [0.25, 0.3) is 32.9 Å². The van der Waals surface area contributed by atoms with Crippen molar-refractivity contribution >= 4 is 56.6 Å². The fourth-order valence-corrected chi connectivity index (χ4v) is 9.29. The highest BCUT2D eigenvalue weighted by Gasteiger charge is 2.46. The molecule has 0 unspecified atom stereocenters. The van der Waals surface area contributed by atoms with Crippen LogP contribution in [-0.2, 0) is 0 Å². The molecular formula is C43H45BN2. The minimum atomic E-state index is 0.0829. The average molecular weight is 601 g/mol. The number of para-hydroxylation sites is 1. The SMILES string of the molecule is Cc1cc2c3c(c1)N(c1c(C)c(C)c(C)c(C)c1C)c1c(C)c(C)c(C)c(C)c1B3n1c3ccccc3c3c(C)c(C)c(C)c-2c31. The van der Waals surface area contributed by atoms with Crippen LogP contribution in [0.15, 0.2) is 36.4 Å². The van der Waals surface area contributed by atoms with Gasteiger partial charge in [0.25, 0.3) is 0 Å². The van der Waals surface area contributed by atoms with Gasteiger partial charge in [-0.1, -0.05) is 24.3 Å². The van der Waals surface area contributed by atoms with Crippen molar-refractivity contribution in [2.45, 2.75) is 90.0 Å². The van der Waals surface area contributed by atoms with E-state index in [1.165, 1.54) is 133 Å². The number of hydrogen-bond acceptors (Lipinski definition) is 1. The number of nitrogens with zero attached hydrogens (tertiary/aromatic N) is 2. The third-order valence-corrected chi connectivity index (χ3v) is 12.7. The summed E-state index contributed by atoms with van der Waals surface area (Å²) >= 11 is 0. The van der Waals surface area contributed by atoms with Gasteiger partial charge < -0.3 is 9.38 Å². The molecule has 0 N–H and O–H groups in total. The predicted molar refractivity (Wildman–Crippen MR) is 202 cm³/mol. The second kappa shape index (κ2) is 9.41. The van der Waals surface area contributed by atoms with Gasteiger partial charge in [0.15, 0.2) is 0 Å². The van der Waals surface area contributed by atoms with E-state index >= 15 is 0 Å². The van der Waals surface area contributed by atoms with E-state index in [0.29, 0.717) is 0 Å². The molecule has 0 radical (unpaired) electrons. The van der Waals surface area contributed by atoms with E-state index in [2.05, 4.69) is 136 Å². The van der Waals surface area contributed by atoms with Gasteiger partial charge in [-0.3, -0.25) is 0 Å². The van der Waals surface area contributed by atoms with Crippen LogP contribution in [0, 0.1) is 90.0 Å². The highest BCUT2D eigenvalue weighted by molar-refractivity contribution is 6.90. The molecular weight excluding hydrogens is 555 g/mol. The number of aryl methyl sites for hydroxylation is 2. The van der Waals surface area contributed by atoms with E-state index in [1.54, 1.807) is 0 Å². The third-order valence-electron chi connectivity index (χ3n) is 12.7. The molecule has 3 heterocycles. The zero-order valence-electron chi connectivity index (χ0n) is 29.9. The van der Waals surface area contributed by atoms with Crippen LogP contribution in [-0.4, -0.2) is 11.3 Å². The molecule has 2 aliphatic rings. The second-order valence-corrected chi connectivity index (χ2v) is 14.6. The van der Waals surface area contributed by atoms with Gasteiger partial charge in [0, 0.05) is 38.7 Å². The van der Waals surface area contributed by atoms with Gasteiger partial charge in [-0.2, -0.15) is 0 Å². The number of rotatable bonds is 1. The molecule has 0 saturated carbocycles. The normalized spacial score (nSPS) is 13.2. The maximum atomic E-state index is 2.74. The van der Waals surface area contributed by atoms with Gasteiger partial charge in [-0.15, -0.1) is 0 Å². The lowest BCUT2D eigenvalue weighted by Crippen LogP contribution is -2.58. The number of benzene rings is 5. The van der Waals surface area contributed by atoms with Crippen LogP contribution < -0.4 is 15.8 Å². The lowest BCUT2D eigenvalue weighted by molar-refractivity contribution is 1.11. The Morgan fingerprint density at radius 2 is 1.04 bits per heavy atom. The quantitative estimate of drug-likeness (QED) is 0.170. The van der Waals surface area contributed by atoms with Gasteiger partial charge in [0.05, 0.1) is 5.69 Å². The van der Waals surface area contributed by atoms with E-state index in [0.717, 1.165) is 0 Å². The summed E-state index contributed by atoms with van der Waals surface area (Å²) in [5.74, 6) is 0. The van der Waals surface area contributed by atoms with Crippen LogP contribution in [0.5, 0.6) is 0 Å². The summed E-state index contributed by atoms with van der Waals surface area (Å²) in [6.07, 6.45) is 0. The van der Waals surface area contributed by atoms with Crippen LogP contribution in [0.1, 0.15) is 72.3 Å². The van der Waals surface area contributed by atoms with E-state index in [4.69, 9.17) is 0 Å². The maximum Gasteiger partial charge on any atom is 0.333 e. The average Bonchev–Trinajstić information content (AvgIpc) is 3.38. The van der Waals surface area contributed by atoms with Crippen LogP contribution in [0.2, 0.25) is 0 Å². The Balaban J connectivity index is 1.68. The molecule has 2 aliphatic heterocycles. The lowest BCUT2D eigenvalue weighted by Gasteiger charge is -2.44. The summed E-state index contributed by atoms with van der Waals surface area (Å²) in [6, 6.07) is 14.1. The zero-order valence-corrected chi connectivity index (χ0v) is 29.9. The topological polar surface area (TPSA) is 8.17 Å². The molecule has 1 aromatic heterocycles. The fourth-order valence-electron chi connectivity index (χ4n) is 9.29. The molecule has 3 heteroatoms.